The molecule has 0 rings (SSSR count). The van der Waals surface area contributed by atoms with Crippen LogP contribution in [-0.4, -0.2) is 5.48 Å². The third kappa shape index (κ3) is 24.0. The smallest absolute Gasteiger partial charge is 0.0587 e. The Kier molecular flexibility index (Phi) is 515. The van der Waals surface area contributed by atoms with Gasteiger partial charge in [-0.25, -0.2) is 0 Å². The second kappa shape index (κ2) is 102. The van der Waals surface area contributed by atoms with Crippen molar-refractivity contribution < 1.29 is 5.48 Å². The molecule has 0 fully saturated rings. The van der Waals surface area contributed by atoms with Gasteiger partial charge < -0.3 is 5.48 Å². The summed E-state index contributed by atoms with van der Waals surface area (Å²) in [6.07, 6.45) is 0. The molecular weight excluding hydrogens is 66.0 g/mol. The predicted octanol–water partition coefficient (Wildman–Crippen LogP) is 0.341. The number of hydrogen-bond acceptors (Lipinski definition) is 1. The first-order valence-corrected chi connectivity index (χ1v) is 0.724. The van der Waals surface area contributed by atoms with E-state index in [2.05, 4.69) is 0 Å². The van der Waals surface area contributed by atoms with E-state index in [-0.39, 0.29) is 12.9 Å². The molecule has 32 valence electrons. The Morgan fingerprint density at radius 1 is 1.60 bits per heavy atom. The van der Waals surface area contributed by atoms with Gasteiger partial charge in [-0.3, -0.25) is 0 Å². The van der Waals surface area contributed by atoms with Crippen molar-refractivity contribution in [3.8, 4) is 6.07 Å². The maximum Gasteiger partial charge on any atom is 0.0587 e. The molecule has 0 bridgehead atoms. The molecule has 0 aromatic heterocycles. The van der Waals surface area contributed by atoms with Gasteiger partial charge in [0.2, 0.25) is 0 Å². The van der Waals surface area contributed by atoms with Crippen LogP contribution in [0.25, 0.3) is 0 Å². The van der Waals surface area contributed by atoms with Crippen LogP contribution in [0.4, 0.5) is 0 Å². The highest BCUT2D eigenvalue weighted by Gasteiger charge is 1.17. The lowest BCUT2D eigenvalue weighted by atomic mass is 11.0. The Labute approximate surface area is 32.3 Å². The van der Waals surface area contributed by atoms with E-state index in [0.29, 0.717) is 0 Å². The van der Waals surface area contributed by atoms with Crippen LogP contribution in [0.5, 0.6) is 0 Å². The highest BCUT2D eigenvalue weighted by Crippen LogP contribution is 1.21. The van der Waals surface area contributed by atoms with Crippen molar-refractivity contribution in [3.05, 3.63) is 0 Å². The molecule has 0 aromatic rings. The SMILES string of the molecule is C.CC#N.O. The van der Waals surface area contributed by atoms with Gasteiger partial charge in [0, 0.05) is 6.92 Å². The van der Waals surface area contributed by atoms with Crippen molar-refractivity contribution >= 4 is 0 Å². The van der Waals surface area contributed by atoms with Crippen LogP contribution in [-0.2, 0) is 0 Å². The Morgan fingerprint density at radius 3 is 1.60 bits per heavy atom. The quantitative estimate of drug-likeness (QED) is 0.409. The highest BCUT2D eigenvalue weighted by molar-refractivity contribution is 4.51. The zero-order valence-corrected chi connectivity index (χ0v) is 2.45. The summed E-state index contributed by atoms with van der Waals surface area (Å²) in [6, 6.07) is 1.75. The minimum atomic E-state index is 0. The fourth-order valence-corrected chi connectivity index (χ4v) is 0. The van der Waals surface area contributed by atoms with Gasteiger partial charge in [0.1, 0.15) is 0 Å². The van der Waals surface area contributed by atoms with Crippen molar-refractivity contribution in [3.63, 3.8) is 0 Å². The van der Waals surface area contributed by atoms with E-state index < -0.39 is 0 Å². The van der Waals surface area contributed by atoms with E-state index in [1.165, 1.54) is 6.92 Å². The van der Waals surface area contributed by atoms with Crippen molar-refractivity contribution in [1.29, 1.82) is 5.26 Å². The van der Waals surface area contributed by atoms with Crippen LogP contribution < -0.4 is 0 Å². The summed E-state index contributed by atoms with van der Waals surface area (Å²) < 4.78 is 0. The van der Waals surface area contributed by atoms with Gasteiger partial charge in [-0.2, -0.15) is 5.26 Å². The van der Waals surface area contributed by atoms with Crippen LogP contribution in [0, 0.1) is 11.3 Å². The molecule has 0 aliphatic heterocycles. The van der Waals surface area contributed by atoms with Crippen LogP contribution in [0.15, 0.2) is 0 Å². The molecule has 2 nitrogen and oxygen atoms in total. The van der Waals surface area contributed by atoms with E-state index in [0.717, 1.165) is 0 Å². The summed E-state index contributed by atoms with van der Waals surface area (Å²) in [7, 11) is 0. The average molecular weight is 75.1 g/mol. The minimum absolute atomic E-state index is 0. The Bertz CT molecular complexity index is 28.4. The lowest BCUT2D eigenvalue weighted by Gasteiger charge is -1.15. The van der Waals surface area contributed by atoms with Gasteiger partial charge in [-0.1, -0.05) is 7.43 Å². The van der Waals surface area contributed by atoms with Gasteiger partial charge in [-0.05, 0) is 0 Å². The van der Waals surface area contributed by atoms with Crippen LogP contribution in [0.2, 0.25) is 0 Å². The first-order valence-electron chi connectivity index (χ1n) is 0.724. The van der Waals surface area contributed by atoms with E-state index in [4.69, 9.17) is 5.26 Å². The van der Waals surface area contributed by atoms with E-state index in [1.54, 1.807) is 6.07 Å². The van der Waals surface area contributed by atoms with Gasteiger partial charge in [-0.15, -0.1) is 0 Å². The molecule has 2 N–H and O–H groups in total. The standard InChI is InChI=1S/C2H3N.CH4.H2O/c1-2-3;;/h1H3;1H4;1H2. The average Bonchev–Trinajstić information content (AvgIpc) is 0.918. The van der Waals surface area contributed by atoms with E-state index >= 15 is 0 Å². The largest absolute Gasteiger partial charge is 0.412 e. The van der Waals surface area contributed by atoms with Crippen molar-refractivity contribution in [2.24, 2.45) is 0 Å². The zero-order valence-electron chi connectivity index (χ0n) is 2.45. The molecule has 0 aliphatic rings. The molecule has 0 atom stereocenters. The maximum atomic E-state index is 7.32. The first kappa shape index (κ1) is 25.2. The first-order chi connectivity index (χ1) is 1.41. The summed E-state index contributed by atoms with van der Waals surface area (Å²) in [5.74, 6) is 0. The second-order valence-corrected chi connectivity index (χ2v) is 0.224. The number of hydrogen-bond donors (Lipinski definition) is 0. The molecule has 0 unspecified atom stereocenters. The number of nitrogens with zero attached hydrogens (tertiary/aromatic N) is 1. The molecule has 0 saturated carbocycles. The van der Waals surface area contributed by atoms with Gasteiger partial charge in [0.15, 0.2) is 0 Å². The third-order valence-corrected chi connectivity index (χ3v) is 0. The van der Waals surface area contributed by atoms with Crippen LogP contribution in [0.3, 0.4) is 0 Å². The lowest BCUT2D eigenvalue weighted by Crippen LogP contribution is -1.10. The lowest BCUT2D eigenvalue weighted by molar-refractivity contribution is 0.824. The van der Waals surface area contributed by atoms with E-state index in [9.17, 15) is 0 Å². The fraction of sp³-hybridized carbons (Fsp3) is 0.667. The topological polar surface area (TPSA) is 55.3 Å². The second-order valence-electron chi connectivity index (χ2n) is 0.224. The minimum Gasteiger partial charge on any atom is -0.412 e. The molecule has 0 radical (unpaired) electrons. The zero-order chi connectivity index (χ0) is 2.71. The Balaban J connectivity index is -0.0000000200. The summed E-state index contributed by atoms with van der Waals surface area (Å²) in [5, 5.41) is 7.32. The monoisotopic (exact) mass is 75.1 g/mol. The number of rotatable bonds is 0. The summed E-state index contributed by atoms with van der Waals surface area (Å²) in [4.78, 5) is 0. The summed E-state index contributed by atoms with van der Waals surface area (Å²) in [5.41, 5.74) is 0. The van der Waals surface area contributed by atoms with Gasteiger partial charge >= 0.3 is 0 Å². The van der Waals surface area contributed by atoms with Gasteiger partial charge in [0.25, 0.3) is 0 Å². The Morgan fingerprint density at radius 2 is 1.60 bits per heavy atom. The molecule has 2 heteroatoms. The highest BCUT2D eigenvalue weighted by atomic mass is 16.0. The molecule has 0 aromatic carbocycles. The van der Waals surface area contributed by atoms with Crippen molar-refractivity contribution in [2.75, 3.05) is 0 Å². The molecule has 0 saturated heterocycles. The normalized spacial score (nSPS) is 1.60. The van der Waals surface area contributed by atoms with Gasteiger partial charge in [0.05, 0.1) is 6.07 Å². The van der Waals surface area contributed by atoms with E-state index in [1.807, 2.05) is 0 Å². The summed E-state index contributed by atoms with van der Waals surface area (Å²) >= 11 is 0. The predicted molar refractivity (Wildman–Crippen MR) is 21.6 cm³/mol. The molecular formula is C3H9NO. The van der Waals surface area contributed by atoms with Crippen LogP contribution >= 0.6 is 0 Å². The van der Waals surface area contributed by atoms with Crippen molar-refractivity contribution in [2.45, 2.75) is 14.4 Å². The summed E-state index contributed by atoms with van der Waals surface area (Å²) in [6.45, 7) is 1.43. The maximum absolute atomic E-state index is 7.32. The third-order valence-electron chi connectivity index (χ3n) is 0. The van der Waals surface area contributed by atoms with Crippen molar-refractivity contribution in [1.82, 2.24) is 0 Å². The molecule has 5 heavy (non-hydrogen) atoms. The number of nitriles is 1. The molecule has 0 amide bonds. The molecule has 0 heterocycles. The molecule has 0 spiro atoms. The Hall–Kier alpha value is -0.550. The fourth-order valence-electron chi connectivity index (χ4n) is 0. The van der Waals surface area contributed by atoms with Crippen LogP contribution in [0.1, 0.15) is 14.4 Å². The molecule has 0 aliphatic carbocycles.